The molecule has 0 aromatic heterocycles. The Bertz CT molecular complexity index is 946. The summed E-state index contributed by atoms with van der Waals surface area (Å²) in [6.07, 6.45) is 4.35. The SMILES string of the molecule is COC(=O)C12C(=O)C(C)(O)C(=O)C1(C)C(C)=CC1C3(C)CCC(O)C(C)(C)C3CCC12C. The van der Waals surface area contributed by atoms with Crippen LogP contribution in [0.1, 0.15) is 74.1 Å². The summed E-state index contributed by atoms with van der Waals surface area (Å²) < 4.78 is 5.27. The van der Waals surface area contributed by atoms with Gasteiger partial charge in [0.2, 0.25) is 0 Å². The zero-order valence-corrected chi connectivity index (χ0v) is 20.7. The lowest BCUT2D eigenvalue weighted by atomic mass is 9.34. The predicted octanol–water partition coefficient (Wildman–Crippen LogP) is 3.23. The van der Waals surface area contributed by atoms with Crippen molar-refractivity contribution in [2.45, 2.75) is 85.9 Å². The first-order chi connectivity index (χ1) is 14.5. The van der Waals surface area contributed by atoms with Crippen LogP contribution < -0.4 is 0 Å². The molecule has 4 rings (SSSR count). The molecule has 0 bridgehead atoms. The minimum atomic E-state index is -2.25. The van der Waals surface area contributed by atoms with Crippen LogP contribution in [0.2, 0.25) is 0 Å². The first kappa shape index (κ1) is 23.6. The Morgan fingerprint density at radius 1 is 1.03 bits per heavy atom. The molecule has 0 aromatic rings. The number of carbonyl (C=O) groups is 3. The number of methoxy groups -OCH3 is 1. The second-order valence-corrected chi connectivity index (χ2v) is 12.3. The van der Waals surface area contributed by atoms with Crippen molar-refractivity contribution in [2.75, 3.05) is 7.11 Å². The molecule has 0 aromatic carbocycles. The summed E-state index contributed by atoms with van der Waals surface area (Å²) in [5.41, 5.74) is -6.38. The fourth-order valence-electron chi connectivity index (χ4n) is 9.03. The Hall–Kier alpha value is -1.53. The average Bonchev–Trinajstić information content (AvgIpc) is 2.84. The van der Waals surface area contributed by atoms with Gasteiger partial charge in [0.1, 0.15) is 0 Å². The van der Waals surface area contributed by atoms with E-state index in [1.54, 1.807) is 13.8 Å². The highest BCUT2D eigenvalue weighted by atomic mass is 16.5. The van der Waals surface area contributed by atoms with Crippen molar-refractivity contribution in [2.24, 2.45) is 38.9 Å². The molecule has 0 spiro atoms. The van der Waals surface area contributed by atoms with Crippen LogP contribution in [0.3, 0.4) is 0 Å². The van der Waals surface area contributed by atoms with Gasteiger partial charge >= 0.3 is 5.97 Å². The number of hydrogen-bond donors (Lipinski definition) is 2. The Balaban J connectivity index is 2.05. The highest BCUT2D eigenvalue weighted by Crippen LogP contribution is 2.76. The van der Waals surface area contributed by atoms with Crippen LogP contribution in [0.5, 0.6) is 0 Å². The lowest BCUT2D eigenvalue weighted by Gasteiger charge is -2.68. The van der Waals surface area contributed by atoms with Gasteiger partial charge in [0.15, 0.2) is 22.6 Å². The number of aliphatic hydroxyl groups is 2. The monoisotopic (exact) mass is 446 g/mol. The van der Waals surface area contributed by atoms with Crippen molar-refractivity contribution in [3.05, 3.63) is 11.6 Å². The smallest absolute Gasteiger partial charge is 0.321 e. The Kier molecular flexibility index (Phi) is 4.67. The van der Waals surface area contributed by atoms with E-state index < -0.39 is 45.5 Å². The molecular formula is C26H38O6. The molecule has 6 nitrogen and oxygen atoms in total. The normalized spacial score (nSPS) is 51.9. The van der Waals surface area contributed by atoms with Crippen molar-refractivity contribution >= 4 is 17.5 Å². The molecule has 32 heavy (non-hydrogen) atoms. The highest BCUT2D eigenvalue weighted by Gasteiger charge is 2.85. The molecule has 8 unspecified atom stereocenters. The first-order valence-corrected chi connectivity index (χ1v) is 11.8. The average molecular weight is 447 g/mol. The van der Waals surface area contributed by atoms with Gasteiger partial charge in [-0.1, -0.05) is 39.3 Å². The van der Waals surface area contributed by atoms with E-state index in [1.807, 2.05) is 6.92 Å². The van der Waals surface area contributed by atoms with Crippen molar-refractivity contribution in [3.63, 3.8) is 0 Å². The fraction of sp³-hybridized carbons (Fsp3) is 0.808. The summed E-state index contributed by atoms with van der Waals surface area (Å²) in [5, 5.41) is 21.9. The Labute approximate surface area is 190 Å². The predicted molar refractivity (Wildman–Crippen MR) is 118 cm³/mol. The van der Waals surface area contributed by atoms with Crippen LogP contribution in [0.15, 0.2) is 11.6 Å². The van der Waals surface area contributed by atoms with Crippen LogP contribution >= 0.6 is 0 Å². The van der Waals surface area contributed by atoms with Crippen molar-refractivity contribution < 1.29 is 29.3 Å². The van der Waals surface area contributed by atoms with Gasteiger partial charge in [-0.3, -0.25) is 14.4 Å². The van der Waals surface area contributed by atoms with E-state index in [-0.39, 0.29) is 22.7 Å². The quantitative estimate of drug-likeness (QED) is 0.364. The van der Waals surface area contributed by atoms with E-state index >= 15 is 0 Å². The molecule has 0 amide bonds. The molecular weight excluding hydrogens is 408 g/mol. The first-order valence-electron chi connectivity index (χ1n) is 11.8. The summed E-state index contributed by atoms with van der Waals surface area (Å²) >= 11 is 0. The molecule has 0 aliphatic heterocycles. The molecule has 4 aliphatic carbocycles. The van der Waals surface area contributed by atoms with E-state index in [0.717, 1.165) is 12.8 Å². The summed E-state index contributed by atoms with van der Waals surface area (Å²) in [4.78, 5) is 41.3. The topological polar surface area (TPSA) is 101 Å². The molecule has 0 heterocycles. The number of fused-ring (bicyclic) bond motifs is 5. The largest absolute Gasteiger partial charge is 0.468 e. The fourth-order valence-corrected chi connectivity index (χ4v) is 9.03. The van der Waals surface area contributed by atoms with Gasteiger partial charge in [-0.25, -0.2) is 0 Å². The molecule has 4 aliphatic rings. The third-order valence-corrected chi connectivity index (χ3v) is 10.8. The number of hydrogen-bond acceptors (Lipinski definition) is 6. The number of carbonyl (C=O) groups excluding carboxylic acids is 3. The summed E-state index contributed by atoms with van der Waals surface area (Å²) in [5.74, 6) is -2.08. The second-order valence-electron chi connectivity index (χ2n) is 12.3. The van der Waals surface area contributed by atoms with Crippen LogP contribution in [0.4, 0.5) is 0 Å². The van der Waals surface area contributed by atoms with E-state index in [0.29, 0.717) is 18.4 Å². The maximum atomic E-state index is 14.0. The van der Waals surface area contributed by atoms with Crippen LogP contribution in [-0.2, 0) is 19.1 Å². The number of esters is 1. The maximum Gasteiger partial charge on any atom is 0.321 e. The van der Waals surface area contributed by atoms with Gasteiger partial charge in [0.25, 0.3) is 0 Å². The number of ketones is 2. The van der Waals surface area contributed by atoms with Crippen LogP contribution in [-0.4, -0.2) is 46.6 Å². The van der Waals surface area contributed by atoms with Crippen molar-refractivity contribution in [1.29, 1.82) is 0 Å². The number of allylic oxidation sites excluding steroid dienone is 2. The highest BCUT2D eigenvalue weighted by molar-refractivity contribution is 6.30. The van der Waals surface area contributed by atoms with Gasteiger partial charge in [0.05, 0.1) is 18.6 Å². The van der Waals surface area contributed by atoms with Gasteiger partial charge < -0.3 is 14.9 Å². The van der Waals surface area contributed by atoms with E-state index in [1.165, 1.54) is 14.0 Å². The number of Topliss-reactive ketones (excluding diaryl/α,β-unsaturated/α-hetero) is 2. The van der Waals surface area contributed by atoms with Gasteiger partial charge in [-0.15, -0.1) is 0 Å². The number of ether oxygens (including phenoxy) is 1. The molecule has 2 N–H and O–H groups in total. The zero-order chi connectivity index (χ0) is 24.3. The molecule has 8 atom stereocenters. The third kappa shape index (κ3) is 2.13. The van der Waals surface area contributed by atoms with Crippen LogP contribution in [0, 0.1) is 38.9 Å². The molecule has 178 valence electrons. The lowest BCUT2D eigenvalue weighted by Crippen LogP contribution is -2.69. The maximum absolute atomic E-state index is 14.0. The Morgan fingerprint density at radius 3 is 2.19 bits per heavy atom. The standard InChI is InChI=1S/C26H38O6/c1-14-13-16-22(4)11-10-17(27)21(2,3)15(22)9-12-23(16,5)26(20(30)32-8)19(29)25(7,31)18(28)24(14,26)6/h13,15-17,27,31H,9-12H2,1-8H3. The van der Waals surface area contributed by atoms with E-state index in [2.05, 4.69) is 26.8 Å². The second kappa shape index (κ2) is 6.32. The zero-order valence-electron chi connectivity index (χ0n) is 20.7. The van der Waals surface area contributed by atoms with Crippen LogP contribution in [0.25, 0.3) is 0 Å². The minimum Gasteiger partial charge on any atom is -0.468 e. The number of aliphatic hydroxyl groups excluding tert-OH is 1. The molecule has 3 fully saturated rings. The molecule has 0 saturated heterocycles. The lowest BCUT2D eigenvalue weighted by molar-refractivity contribution is -0.214. The summed E-state index contributed by atoms with van der Waals surface area (Å²) in [6.45, 7) is 13.0. The van der Waals surface area contributed by atoms with Gasteiger partial charge in [-0.05, 0) is 74.5 Å². The van der Waals surface area contributed by atoms with Gasteiger partial charge in [-0.2, -0.15) is 0 Å². The van der Waals surface area contributed by atoms with E-state index in [9.17, 15) is 24.6 Å². The van der Waals surface area contributed by atoms with Crippen molar-refractivity contribution in [1.82, 2.24) is 0 Å². The summed E-state index contributed by atoms with van der Waals surface area (Å²) in [6, 6.07) is 0. The van der Waals surface area contributed by atoms with Gasteiger partial charge in [0, 0.05) is 0 Å². The summed E-state index contributed by atoms with van der Waals surface area (Å²) in [7, 11) is 1.25. The third-order valence-electron chi connectivity index (χ3n) is 10.8. The molecule has 3 saturated carbocycles. The minimum absolute atomic E-state index is 0.182. The van der Waals surface area contributed by atoms with E-state index in [4.69, 9.17) is 4.74 Å². The van der Waals surface area contributed by atoms with Crippen molar-refractivity contribution in [3.8, 4) is 0 Å². The number of rotatable bonds is 1. The molecule has 6 heteroatoms. The molecule has 0 radical (unpaired) electrons. The Morgan fingerprint density at radius 2 is 1.62 bits per heavy atom.